The van der Waals surface area contributed by atoms with Crippen LogP contribution in [0.4, 0.5) is 10.2 Å². The predicted octanol–water partition coefficient (Wildman–Crippen LogP) is 2.81. The van der Waals surface area contributed by atoms with Gasteiger partial charge in [0.15, 0.2) is 0 Å². The molecule has 194 valence electrons. The molecule has 0 radical (unpaired) electrons. The molecule has 2 aliphatic heterocycles. The molecule has 0 saturated carbocycles. The van der Waals surface area contributed by atoms with Gasteiger partial charge in [-0.15, -0.1) is 0 Å². The number of benzene rings is 1. The van der Waals surface area contributed by atoms with Crippen molar-refractivity contribution in [2.45, 2.75) is 56.4 Å². The van der Waals surface area contributed by atoms with E-state index in [1.54, 1.807) is 6.07 Å². The number of aliphatic hydroxyl groups excluding tert-OH is 2. The summed E-state index contributed by atoms with van der Waals surface area (Å²) < 4.78 is 14.8. The number of aliphatic hydroxyl groups is 2. The monoisotopic (exact) mass is 561 g/mol. The SMILES string of the molecule is C[C@@H]1C[C@@H](O)c2ncnc(N3CCN(C(C(C=O)c4ccc(Br)c(F)c4)N4CCC(O)CC4)CC3)c21. The van der Waals surface area contributed by atoms with Crippen LogP contribution >= 0.6 is 15.9 Å². The van der Waals surface area contributed by atoms with Crippen LogP contribution in [0.1, 0.15) is 60.9 Å². The highest BCUT2D eigenvalue weighted by atomic mass is 79.9. The molecule has 3 heterocycles. The van der Waals surface area contributed by atoms with Gasteiger partial charge in [-0.3, -0.25) is 9.80 Å². The van der Waals surface area contributed by atoms with E-state index in [1.807, 2.05) is 6.07 Å². The molecule has 0 bridgehead atoms. The Hall–Kier alpha value is -1.98. The number of carbonyl (C=O) groups is 1. The molecule has 8 nitrogen and oxygen atoms in total. The van der Waals surface area contributed by atoms with Crippen molar-refractivity contribution in [1.82, 2.24) is 19.8 Å². The zero-order valence-corrected chi connectivity index (χ0v) is 22.0. The first kappa shape index (κ1) is 25.7. The average Bonchev–Trinajstić information content (AvgIpc) is 3.18. The summed E-state index contributed by atoms with van der Waals surface area (Å²) >= 11 is 3.21. The van der Waals surface area contributed by atoms with Gasteiger partial charge in [-0.05, 0) is 58.8 Å². The van der Waals surface area contributed by atoms with Gasteiger partial charge >= 0.3 is 0 Å². The average molecular weight is 562 g/mol. The molecule has 1 aliphatic carbocycles. The molecular weight excluding hydrogens is 529 g/mol. The van der Waals surface area contributed by atoms with Gasteiger partial charge in [-0.2, -0.15) is 0 Å². The number of hydrogen-bond donors (Lipinski definition) is 2. The highest BCUT2D eigenvalue weighted by molar-refractivity contribution is 9.10. The number of anilines is 1. The molecule has 10 heteroatoms. The Morgan fingerprint density at radius 1 is 1.08 bits per heavy atom. The Morgan fingerprint density at radius 3 is 2.44 bits per heavy atom. The minimum Gasteiger partial charge on any atom is -0.393 e. The molecular formula is C26H33BrFN5O3. The van der Waals surface area contributed by atoms with Crippen molar-refractivity contribution in [1.29, 1.82) is 0 Å². The predicted molar refractivity (Wildman–Crippen MR) is 137 cm³/mol. The zero-order valence-electron chi connectivity index (χ0n) is 20.4. The molecule has 2 aromatic rings. The van der Waals surface area contributed by atoms with Crippen LogP contribution in [-0.4, -0.2) is 87.8 Å². The van der Waals surface area contributed by atoms with E-state index in [0.29, 0.717) is 55.5 Å². The largest absolute Gasteiger partial charge is 0.393 e. The smallest absolute Gasteiger partial charge is 0.137 e. The van der Waals surface area contributed by atoms with E-state index in [1.165, 1.54) is 12.4 Å². The fourth-order valence-electron chi connectivity index (χ4n) is 6.03. The Labute approximate surface area is 219 Å². The van der Waals surface area contributed by atoms with Crippen LogP contribution in [0.5, 0.6) is 0 Å². The topological polar surface area (TPSA) is 93.0 Å². The summed E-state index contributed by atoms with van der Waals surface area (Å²) in [6, 6.07) is 4.91. The summed E-state index contributed by atoms with van der Waals surface area (Å²) in [4.78, 5) is 28.2. The van der Waals surface area contributed by atoms with Crippen molar-refractivity contribution in [3.05, 3.63) is 51.6 Å². The van der Waals surface area contributed by atoms with Crippen LogP contribution in [0.25, 0.3) is 0 Å². The van der Waals surface area contributed by atoms with Gasteiger partial charge in [0.25, 0.3) is 0 Å². The molecule has 2 fully saturated rings. The number of carbonyl (C=O) groups excluding carboxylic acids is 1. The van der Waals surface area contributed by atoms with E-state index in [4.69, 9.17) is 0 Å². The summed E-state index contributed by atoms with van der Waals surface area (Å²) in [5.41, 5.74) is 2.43. The first-order valence-corrected chi connectivity index (χ1v) is 13.5. The third-order valence-corrected chi connectivity index (χ3v) is 8.58. The number of aldehydes is 1. The number of aromatic nitrogens is 2. The second-order valence-corrected chi connectivity index (χ2v) is 11.0. The third-order valence-electron chi connectivity index (χ3n) is 7.94. The Balaban J connectivity index is 1.39. The molecule has 5 rings (SSSR count). The summed E-state index contributed by atoms with van der Waals surface area (Å²) in [7, 11) is 0. The maximum Gasteiger partial charge on any atom is 0.137 e. The van der Waals surface area contributed by atoms with Crippen molar-refractivity contribution in [2.24, 2.45) is 0 Å². The normalized spacial score (nSPS) is 25.5. The van der Waals surface area contributed by atoms with Gasteiger partial charge in [0, 0.05) is 44.8 Å². The number of piperazine rings is 1. The molecule has 0 amide bonds. The standard InChI is InChI=1S/C26H33BrFN5O3/c1-16-12-22(36)24-23(16)25(30-15-29-24)31-8-10-33(11-9-31)26(32-6-4-18(35)5-7-32)19(14-34)17-2-3-20(27)21(28)13-17/h2-3,13-16,18-19,22,26,35-36H,4-12H2,1H3/t16-,19?,22-,26?/m1/s1. The summed E-state index contributed by atoms with van der Waals surface area (Å²) in [6.45, 7) is 6.34. The Kier molecular flexibility index (Phi) is 7.69. The molecule has 2 N–H and O–H groups in total. The summed E-state index contributed by atoms with van der Waals surface area (Å²) in [5.74, 6) is 0.186. The van der Waals surface area contributed by atoms with Gasteiger partial charge in [-0.25, -0.2) is 14.4 Å². The van der Waals surface area contributed by atoms with Crippen molar-refractivity contribution >= 4 is 28.0 Å². The van der Waals surface area contributed by atoms with Gasteiger partial charge in [0.1, 0.15) is 24.2 Å². The summed E-state index contributed by atoms with van der Waals surface area (Å²) in [5, 5.41) is 20.5. The molecule has 1 aromatic heterocycles. The van der Waals surface area contributed by atoms with E-state index in [0.717, 1.165) is 36.5 Å². The maximum atomic E-state index is 14.4. The minimum atomic E-state index is -0.545. The Morgan fingerprint density at radius 2 is 1.78 bits per heavy atom. The number of piperidine rings is 1. The molecule has 2 saturated heterocycles. The minimum absolute atomic E-state index is 0.198. The van der Waals surface area contributed by atoms with Crippen molar-refractivity contribution in [3.63, 3.8) is 0 Å². The van der Waals surface area contributed by atoms with Crippen LogP contribution < -0.4 is 4.90 Å². The molecule has 1 aromatic carbocycles. The van der Waals surface area contributed by atoms with Crippen molar-refractivity contribution in [2.75, 3.05) is 44.2 Å². The number of likely N-dealkylation sites (tertiary alicyclic amines) is 1. The molecule has 36 heavy (non-hydrogen) atoms. The number of hydrogen-bond acceptors (Lipinski definition) is 8. The van der Waals surface area contributed by atoms with E-state index in [2.05, 4.69) is 47.5 Å². The first-order chi connectivity index (χ1) is 17.4. The molecule has 0 spiro atoms. The van der Waals surface area contributed by atoms with Gasteiger partial charge < -0.3 is 19.9 Å². The highest BCUT2D eigenvalue weighted by Crippen LogP contribution is 2.43. The fourth-order valence-corrected chi connectivity index (χ4v) is 6.28. The Bertz CT molecular complexity index is 1090. The number of fused-ring (bicyclic) bond motifs is 1. The van der Waals surface area contributed by atoms with E-state index in [-0.39, 0.29) is 24.0 Å². The number of rotatable bonds is 6. The number of nitrogens with zero attached hydrogens (tertiary/aromatic N) is 5. The fraction of sp³-hybridized carbons (Fsp3) is 0.577. The van der Waals surface area contributed by atoms with Crippen LogP contribution in [0.2, 0.25) is 0 Å². The number of halogens is 2. The lowest BCUT2D eigenvalue weighted by atomic mass is 9.93. The maximum absolute atomic E-state index is 14.4. The highest BCUT2D eigenvalue weighted by Gasteiger charge is 2.39. The molecule has 4 atom stereocenters. The lowest BCUT2D eigenvalue weighted by Gasteiger charge is -2.48. The van der Waals surface area contributed by atoms with E-state index < -0.39 is 12.0 Å². The van der Waals surface area contributed by atoms with Gasteiger partial charge in [0.05, 0.1) is 34.5 Å². The lowest BCUT2D eigenvalue weighted by molar-refractivity contribution is -0.114. The van der Waals surface area contributed by atoms with Crippen LogP contribution in [0.3, 0.4) is 0 Å². The quantitative estimate of drug-likeness (QED) is 0.520. The third kappa shape index (κ3) is 4.93. The first-order valence-electron chi connectivity index (χ1n) is 12.7. The zero-order chi connectivity index (χ0) is 25.4. The van der Waals surface area contributed by atoms with E-state index in [9.17, 15) is 19.4 Å². The molecule has 3 aliphatic rings. The van der Waals surface area contributed by atoms with Crippen LogP contribution in [0, 0.1) is 5.82 Å². The van der Waals surface area contributed by atoms with Gasteiger partial charge in [-0.1, -0.05) is 13.0 Å². The second-order valence-electron chi connectivity index (χ2n) is 10.2. The van der Waals surface area contributed by atoms with Crippen LogP contribution in [-0.2, 0) is 4.79 Å². The van der Waals surface area contributed by atoms with E-state index >= 15 is 0 Å². The summed E-state index contributed by atoms with van der Waals surface area (Å²) in [6.07, 6.45) is 3.35. The molecule has 2 unspecified atom stereocenters. The van der Waals surface area contributed by atoms with Crippen LogP contribution in [0.15, 0.2) is 29.0 Å². The van der Waals surface area contributed by atoms with Gasteiger partial charge in [0.2, 0.25) is 0 Å². The van der Waals surface area contributed by atoms with Crippen molar-refractivity contribution in [3.8, 4) is 0 Å². The van der Waals surface area contributed by atoms with Crippen molar-refractivity contribution < 1.29 is 19.4 Å². The lowest BCUT2D eigenvalue weighted by Crippen LogP contribution is -2.60. The second kappa shape index (κ2) is 10.8.